The van der Waals surface area contributed by atoms with Crippen LogP contribution in [0.5, 0.6) is 0 Å². The van der Waals surface area contributed by atoms with Crippen molar-refractivity contribution in [1.82, 2.24) is 24.6 Å². The van der Waals surface area contributed by atoms with Crippen LogP contribution in [0, 0.1) is 0 Å². The third-order valence-electron chi connectivity index (χ3n) is 4.86. The topological polar surface area (TPSA) is 50.1 Å². The number of hydrogen-bond acceptors (Lipinski definition) is 5. The molecule has 23 heavy (non-hydrogen) atoms. The highest BCUT2D eigenvalue weighted by Gasteiger charge is 2.22. The van der Waals surface area contributed by atoms with Gasteiger partial charge in [-0.25, -0.2) is 9.97 Å². The molecule has 0 radical (unpaired) electrons. The van der Waals surface area contributed by atoms with E-state index in [2.05, 4.69) is 40.9 Å². The summed E-state index contributed by atoms with van der Waals surface area (Å²) < 4.78 is 1.85. The summed E-state index contributed by atoms with van der Waals surface area (Å²) in [6.45, 7) is 4.37. The van der Waals surface area contributed by atoms with Crippen LogP contribution in [0.2, 0.25) is 0 Å². The lowest BCUT2D eigenvalue weighted by Crippen LogP contribution is -2.44. The van der Waals surface area contributed by atoms with E-state index in [1.54, 1.807) is 0 Å². The second-order valence-corrected chi connectivity index (χ2v) is 6.73. The molecular weight excluding hydrogens is 288 g/mol. The molecule has 0 aliphatic carbocycles. The number of rotatable bonds is 5. The van der Waals surface area contributed by atoms with Crippen molar-refractivity contribution < 1.29 is 0 Å². The molecule has 3 rings (SSSR count). The Bertz CT molecular complexity index is 664. The quantitative estimate of drug-likeness (QED) is 0.847. The molecule has 6 nitrogen and oxygen atoms in total. The standard InChI is InChI=1S/C17H28N6/c1-5-8-15-19-16(14-11-18-23(4)17(14)20-15)22(3)12-13-9-6-7-10-21(13)2/h11,13H,5-10,12H2,1-4H3/t13-/m1/s1. The molecule has 1 atom stereocenters. The van der Waals surface area contributed by atoms with Crippen molar-refractivity contribution in [2.45, 2.75) is 45.1 Å². The van der Waals surface area contributed by atoms with Gasteiger partial charge in [0.2, 0.25) is 0 Å². The molecule has 0 bridgehead atoms. The lowest BCUT2D eigenvalue weighted by Gasteiger charge is -2.35. The van der Waals surface area contributed by atoms with Crippen molar-refractivity contribution >= 4 is 16.9 Å². The van der Waals surface area contributed by atoms with Crippen LogP contribution in [0.3, 0.4) is 0 Å². The average Bonchev–Trinajstić information content (AvgIpc) is 2.91. The van der Waals surface area contributed by atoms with Gasteiger partial charge in [-0.1, -0.05) is 13.3 Å². The molecule has 6 heteroatoms. The van der Waals surface area contributed by atoms with Gasteiger partial charge in [0.15, 0.2) is 5.65 Å². The first kappa shape index (κ1) is 16.2. The molecule has 0 amide bonds. The minimum absolute atomic E-state index is 0.602. The number of aromatic nitrogens is 4. The molecule has 1 saturated heterocycles. The first-order chi connectivity index (χ1) is 11.1. The second-order valence-electron chi connectivity index (χ2n) is 6.73. The van der Waals surface area contributed by atoms with E-state index in [1.807, 2.05) is 17.9 Å². The van der Waals surface area contributed by atoms with Crippen molar-refractivity contribution in [3.05, 3.63) is 12.0 Å². The molecule has 1 aliphatic rings. The fraction of sp³-hybridized carbons (Fsp3) is 0.706. The first-order valence-electron chi connectivity index (χ1n) is 8.70. The fourth-order valence-corrected chi connectivity index (χ4v) is 3.45. The maximum Gasteiger partial charge on any atom is 0.163 e. The largest absolute Gasteiger partial charge is 0.357 e. The fourth-order valence-electron chi connectivity index (χ4n) is 3.45. The Labute approximate surface area is 138 Å². The van der Waals surface area contributed by atoms with E-state index < -0.39 is 0 Å². The van der Waals surface area contributed by atoms with Gasteiger partial charge in [-0.3, -0.25) is 4.68 Å². The third kappa shape index (κ3) is 3.32. The normalized spacial score (nSPS) is 19.4. The molecule has 126 valence electrons. The molecule has 2 aromatic rings. The molecule has 1 fully saturated rings. The summed E-state index contributed by atoms with van der Waals surface area (Å²) >= 11 is 0. The molecule has 0 saturated carbocycles. The second kappa shape index (κ2) is 6.83. The number of anilines is 1. The van der Waals surface area contributed by atoms with Crippen LogP contribution in [0.4, 0.5) is 5.82 Å². The Morgan fingerprint density at radius 3 is 2.83 bits per heavy atom. The lowest BCUT2D eigenvalue weighted by molar-refractivity contribution is 0.189. The first-order valence-corrected chi connectivity index (χ1v) is 8.70. The Morgan fingerprint density at radius 2 is 2.09 bits per heavy atom. The molecule has 0 unspecified atom stereocenters. The summed E-state index contributed by atoms with van der Waals surface area (Å²) in [5.41, 5.74) is 0.933. The minimum Gasteiger partial charge on any atom is -0.357 e. The van der Waals surface area contributed by atoms with E-state index in [9.17, 15) is 0 Å². The van der Waals surface area contributed by atoms with Crippen molar-refractivity contribution in [2.75, 3.05) is 32.1 Å². The van der Waals surface area contributed by atoms with Crippen molar-refractivity contribution in [3.8, 4) is 0 Å². The SMILES string of the molecule is CCCc1nc(N(C)C[C@H]2CCCCN2C)c2cnn(C)c2n1. The summed E-state index contributed by atoms with van der Waals surface area (Å²) in [6, 6.07) is 0.602. The van der Waals surface area contributed by atoms with Crippen LogP contribution in [0.15, 0.2) is 6.20 Å². The molecule has 0 aromatic carbocycles. The van der Waals surface area contributed by atoms with E-state index in [0.717, 1.165) is 42.1 Å². The average molecular weight is 316 g/mol. The highest BCUT2D eigenvalue weighted by molar-refractivity contribution is 5.86. The van der Waals surface area contributed by atoms with Gasteiger partial charge in [-0.2, -0.15) is 5.10 Å². The van der Waals surface area contributed by atoms with Gasteiger partial charge in [-0.05, 0) is 32.9 Å². The maximum absolute atomic E-state index is 4.84. The Morgan fingerprint density at radius 1 is 1.26 bits per heavy atom. The van der Waals surface area contributed by atoms with E-state index in [-0.39, 0.29) is 0 Å². The highest BCUT2D eigenvalue weighted by atomic mass is 15.3. The Kier molecular flexibility index (Phi) is 4.80. The number of likely N-dealkylation sites (N-methyl/N-ethyl adjacent to an activating group) is 2. The lowest BCUT2D eigenvalue weighted by atomic mass is 10.0. The van der Waals surface area contributed by atoms with Crippen LogP contribution in [0.25, 0.3) is 11.0 Å². The molecule has 0 N–H and O–H groups in total. The number of aryl methyl sites for hydroxylation is 2. The number of piperidine rings is 1. The van der Waals surface area contributed by atoms with Crippen LogP contribution in [-0.4, -0.2) is 57.9 Å². The van der Waals surface area contributed by atoms with Crippen molar-refractivity contribution in [3.63, 3.8) is 0 Å². The zero-order valence-electron chi connectivity index (χ0n) is 14.8. The zero-order valence-corrected chi connectivity index (χ0v) is 14.8. The molecule has 3 heterocycles. The third-order valence-corrected chi connectivity index (χ3v) is 4.86. The van der Waals surface area contributed by atoms with E-state index >= 15 is 0 Å². The van der Waals surface area contributed by atoms with Crippen LogP contribution in [0.1, 0.15) is 38.4 Å². The molecule has 0 spiro atoms. The maximum atomic E-state index is 4.84. The number of fused-ring (bicyclic) bond motifs is 1. The van der Waals surface area contributed by atoms with Crippen molar-refractivity contribution in [1.29, 1.82) is 0 Å². The van der Waals surface area contributed by atoms with Gasteiger partial charge < -0.3 is 9.80 Å². The van der Waals surface area contributed by atoms with E-state index in [0.29, 0.717) is 6.04 Å². The number of nitrogens with zero attached hydrogens (tertiary/aromatic N) is 6. The highest BCUT2D eigenvalue weighted by Crippen LogP contribution is 2.25. The zero-order chi connectivity index (χ0) is 16.4. The summed E-state index contributed by atoms with van der Waals surface area (Å²) in [6.07, 6.45) is 7.77. The van der Waals surface area contributed by atoms with Gasteiger partial charge in [0.1, 0.15) is 11.6 Å². The Hall–Kier alpha value is -1.69. The smallest absolute Gasteiger partial charge is 0.163 e. The molecule has 2 aromatic heterocycles. The minimum atomic E-state index is 0.602. The molecular formula is C17H28N6. The number of likely N-dealkylation sites (tertiary alicyclic amines) is 1. The van der Waals surface area contributed by atoms with Crippen LogP contribution < -0.4 is 4.90 Å². The van der Waals surface area contributed by atoms with Gasteiger partial charge in [0.05, 0.1) is 11.6 Å². The predicted molar refractivity (Wildman–Crippen MR) is 93.8 cm³/mol. The van der Waals surface area contributed by atoms with Crippen LogP contribution in [-0.2, 0) is 13.5 Å². The molecule has 1 aliphatic heterocycles. The van der Waals surface area contributed by atoms with Crippen LogP contribution >= 0.6 is 0 Å². The van der Waals surface area contributed by atoms with E-state index in [4.69, 9.17) is 4.98 Å². The Balaban J connectivity index is 1.90. The summed E-state index contributed by atoms with van der Waals surface area (Å²) in [4.78, 5) is 14.3. The van der Waals surface area contributed by atoms with Gasteiger partial charge >= 0.3 is 0 Å². The van der Waals surface area contributed by atoms with Gasteiger partial charge in [-0.15, -0.1) is 0 Å². The summed E-state index contributed by atoms with van der Waals surface area (Å²) in [5, 5.41) is 5.43. The van der Waals surface area contributed by atoms with Gasteiger partial charge in [0.25, 0.3) is 0 Å². The summed E-state index contributed by atoms with van der Waals surface area (Å²) in [5.74, 6) is 1.94. The predicted octanol–water partition coefficient (Wildman–Crippen LogP) is 2.24. The van der Waals surface area contributed by atoms with Crippen molar-refractivity contribution in [2.24, 2.45) is 7.05 Å². The number of hydrogen-bond donors (Lipinski definition) is 0. The van der Waals surface area contributed by atoms with E-state index in [1.165, 1.54) is 25.8 Å². The summed E-state index contributed by atoms with van der Waals surface area (Å²) in [7, 11) is 6.33. The van der Waals surface area contributed by atoms with Gasteiger partial charge in [0, 0.05) is 33.1 Å². The monoisotopic (exact) mass is 316 g/mol.